The van der Waals surface area contributed by atoms with Crippen molar-refractivity contribution in [1.29, 1.82) is 0 Å². The smallest absolute Gasteiger partial charge is 0.238 e. The normalized spacial score (nSPS) is 11.1. The Morgan fingerprint density at radius 2 is 1.81 bits per heavy atom. The molecule has 0 unspecified atom stereocenters. The summed E-state index contributed by atoms with van der Waals surface area (Å²) in [4.78, 5) is 11.4. The first-order valence-corrected chi connectivity index (χ1v) is 6.57. The van der Waals surface area contributed by atoms with Gasteiger partial charge in [-0.25, -0.2) is 8.42 Å². The second-order valence-electron chi connectivity index (χ2n) is 3.38. The van der Waals surface area contributed by atoms with Gasteiger partial charge in [0.1, 0.15) is 0 Å². The van der Waals surface area contributed by atoms with E-state index in [1.54, 1.807) is 19.2 Å². The first-order chi connectivity index (χ1) is 7.43. The molecule has 16 heavy (non-hydrogen) atoms. The predicted molar refractivity (Wildman–Crippen MR) is 62.1 cm³/mol. The topological polar surface area (TPSA) is 75.3 Å². The van der Waals surface area contributed by atoms with Gasteiger partial charge in [0.25, 0.3) is 0 Å². The van der Waals surface area contributed by atoms with E-state index in [0.717, 1.165) is 6.26 Å². The van der Waals surface area contributed by atoms with Crippen LogP contribution in [0.15, 0.2) is 29.2 Å². The molecule has 0 radical (unpaired) electrons. The van der Waals surface area contributed by atoms with Crippen LogP contribution in [0.4, 0.5) is 5.69 Å². The van der Waals surface area contributed by atoms with Gasteiger partial charge >= 0.3 is 0 Å². The molecule has 0 spiro atoms. The van der Waals surface area contributed by atoms with E-state index in [1.807, 2.05) is 0 Å². The number of sulfone groups is 1. The van der Waals surface area contributed by atoms with E-state index in [9.17, 15) is 13.2 Å². The fourth-order valence-corrected chi connectivity index (χ4v) is 1.78. The highest BCUT2D eigenvalue weighted by atomic mass is 32.2. The van der Waals surface area contributed by atoms with E-state index in [1.165, 1.54) is 12.1 Å². The number of hydrogen-bond acceptors (Lipinski definition) is 4. The van der Waals surface area contributed by atoms with Crippen LogP contribution < -0.4 is 10.6 Å². The monoisotopic (exact) mass is 242 g/mol. The molecule has 6 heteroatoms. The Labute approximate surface area is 94.8 Å². The number of likely N-dealkylation sites (N-methyl/N-ethyl adjacent to an activating group) is 1. The maximum Gasteiger partial charge on any atom is 0.238 e. The lowest BCUT2D eigenvalue weighted by atomic mass is 10.3. The van der Waals surface area contributed by atoms with Gasteiger partial charge in [0.05, 0.1) is 11.4 Å². The van der Waals surface area contributed by atoms with E-state index < -0.39 is 9.84 Å². The van der Waals surface area contributed by atoms with E-state index in [0.29, 0.717) is 5.69 Å². The zero-order valence-electron chi connectivity index (χ0n) is 9.15. The van der Waals surface area contributed by atoms with Crippen LogP contribution in [0.2, 0.25) is 0 Å². The molecule has 0 bridgehead atoms. The Morgan fingerprint density at radius 1 is 1.25 bits per heavy atom. The lowest BCUT2D eigenvalue weighted by Crippen LogP contribution is -2.24. The van der Waals surface area contributed by atoms with Crippen LogP contribution in [0.1, 0.15) is 0 Å². The van der Waals surface area contributed by atoms with Gasteiger partial charge in [-0.15, -0.1) is 0 Å². The molecular formula is C10H14N2O3S. The molecule has 1 aromatic carbocycles. The molecule has 0 fully saturated rings. The van der Waals surface area contributed by atoms with Crippen molar-refractivity contribution in [3.05, 3.63) is 24.3 Å². The van der Waals surface area contributed by atoms with E-state index >= 15 is 0 Å². The number of amides is 1. The lowest BCUT2D eigenvalue weighted by Gasteiger charge is -2.05. The quantitative estimate of drug-likeness (QED) is 0.793. The Hall–Kier alpha value is -1.40. The first-order valence-electron chi connectivity index (χ1n) is 4.68. The summed E-state index contributed by atoms with van der Waals surface area (Å²) in [6.45, 7) is 0.216. The molecule has 0 saturated heterocycles. The predicted octanol–water partition coefficient (Wildman–Crippen LogP) is 0.248. The van der Waals surface area contributed by atoms with Crippen LogP contribution in [0.25, 0.3) is 0 Å². The van der Waals surface area contributed by atoms with Gasteiger partial charge in [0.2, 0.25) is 5.91 Å². The average molecular weight is 242 g/mol. The van der Waals surface area contributed by atoms with Gasteiger partial charge in [-0.1, -0.05) is 0 Å². The SMILES string of the molecule is CNCC(=O)Nc1ccc(S(C)(=O)=O)cc1. The van der Waals surface area contributed by atoms with Crippen molar-refractivity contribution < 1.29 is 13.2 Å². The summed E-state index contributed by atoms with van der Waals surface area (Å²) in [5, 5.41) is 5.34. The Kier molecular flexibility index (Phi) is 4.03. The fraction of sp³-hybridized carbons (Fsp3) is 0.300. The Morgan fingerprint density at radius 3 is 2.25 bits per heavy atom. The summed E-state index contributed by atoms with van der Waals surface area (Å²) in [5.74, 6) is -0.172. The number of carbonyl (C=O) groups is 1. The Balaban J connectivity index is 2.76. The summed E-state index contributed by atoms with van der Waals surface area (Å²) in [6, 6.07) is 6.04. The molecule has 0 heterocycles. The third-order valence-electron chi connectivity index (χ3n) is 1.90. The molecule has 1 rings (SSSR count). The van der Waals surface area contributed by atoms with E-state index in [2.05, 4.69) is 10.6 Å². The van der Waals surface area contributed by atoms with Crippen LogP contribution in [0.5, 0.6) is 0 Å². The number of anilines is 1. The summed E-state index contributed by atoms with van der Waals surface area (Å²) in [5.41, 5.74) is 0.577. The highest BCUT2D eigenvalue weighted by Crippen LogP contribution is 2.13. The maximum atomic E-state index is 11.2. The van der Waals surface area contributed by atoms with Crippen LogP contribution in [-0.2, 0) is 14.6 Å². The van der Waals surface area contributed by atoms with Gasteiger partial charge < -0.3 is 10.6 Å². The molecule has 0 aliphatic rings. The van der Waals surface area contributed by atoms with E-state index in [4.69, 9.17) is 0 Å². The van der Waals surface area contributed by atoms with Gasteiger partial charge in [-0.05, 0) is 31.3 Å². The molecule has 0 aliphatic heterocycles. The van der Waals surface area contributed by atoms with Gasteiger partial charge in [-0.3, -0.25) is 4.79 Å². The van der Waals surface area contributed by atoms with Crippen LogP contribution in [0, 0.1) is 0 Å². The van der Waals surface area contributed by atoms with Gasteiger partial charge in [0.15, 0.2) is 9.84 Å². The zero-order chi connectivity index (χ0) is 12.2. The van der Waals surface area contributed by atoms with E-state index in [-0.39, 0.29) is 17.3 Å². The zero-order valence-corrected chi connectivity index (χ0v) is 9.97. The number of carbonyl (C=O) groups excluding carboxylic acids is 1. The molecule has 2 N–H and O–H groups in total. The fourth-order valence-electron chi connectivity index (χ4n) is 1.15. The molecule has 0 atom stereocenters. The van der Waals surface area contributed by atoms with Crippen molar-refractivity contribution >= 4 is 21.4 Å². The van der Waals surface area contributed by atoms with Crippen molar-refractivity contribution in [2.45, 2.75) is 4.90 Å². The Bertz CT molecular complexity index is 465. The second kappa shape index (κ2) is 5.09. The van der Waals surface area contributed by atoms with Crippen molar-refractivity contribution in [1.82, 2.24) is 5.32 Å². The molecule has 1 aromatic rings. The number of hydrogen-bond donors (Lipinski definition) is 2. The molecular weight excluding hydrogens is 228 g/mol. The van der Waals surface area contributed by atoms with Crippen molar-refractivity contribution in [3.8, 4) is 0 Å². The maximum absolute atomic E-state index is 11.2. The van der Waals surface area contributed by atoms with Crippen molar-refractivity contribution in [3.63, 3.8) is 0 Å². The molecule has 0 aliphatic carbocycles. The number of benzene rings is 1. The minimum Gasteiger partial charge on any atom is -0.325 e. The van der Waals surface area contributed by atoms with Crippen LogP contribution >= 0.6 is 0 Å². The minimum absolute atomic E-state index is 0.172. The van der Waals surface area contributed by atoms with Crippen LogP contribution in [-0.4, -0.2) is 34.2 Å². The minimum atomic E-state index is -3.18. The van der Waals surface area contributed by atoms with Crippen LogP contribution in [0.3, 0.4) is 0 Å². The molecule has 5 nitrogen and oxygen atoms in total. The molecule has 0 saturated carbocycles. The van der Waals surface area contributed by atoms with Crippen molar-refractivity contribution in [2.24, 2.45) is 0 Å². The highest BCUT2D eigenvalue weighted by Gasteiger charge is 2.06. The summed E-state index contributed by atoms with van der Waals surface area (Å²) in [7, 11) is -1.51. The second-order valence-corrected chi connectivity index (χ2v) is 5.39. The highest BCUT2D eigenvalue weighted by molar-refractivity contribution is 7.90. The number of rotatable bonds is 4. The third kappa shape index (κ3) is 3.63. The van der Waals surface area contributed by atoms with Gasteiger partial charge in [-0.2, -0.15) is 0 Å². The molecule has 0 aromatic heterocycles. The largest absolute Gasteiger partial charge is 0.325 e. The third-order valence-corrected chi connectivity index (χ3v) is 3.03. The average Bonchev–Trinajstić information content (AvgIpc) is 2.17. The summed E-state index contributed by atoms with van der Waals surface area (Å²) in [6.07, 6.45) is 1.14. The molecule has 1 amide bonds. The first kappa shape index (κ1) is 12.7. The van der Waals surface area contributed by atoms with Crippen molar-refractivity contribution in [2.75, 3.05) is 25.2 Å². The molecule has 88 valence electrons. The number of nitrogens with one attached hydrogen (secondary N) is 2. The van der Waals surface area contributed by atoms with Gasteiger partial charge in [0, 0.05) is 11.9 Å². The summed E-state index contributed by atoms with van der Waals surface area (Å²) < 4.78 is 22.3. The summed E-state index contributed by atoms with van der Waals surface area (Å²) >= 11 is 0. The standard InChI is InChI=1S/C10H14N2O3S/c1-11-7-10(13)12-8-3-5-9(6-4-8)16(2,14)15/h3-6,11H,7H2,1-2H3,(H,12,13). The lowest BCUT2D eigenvalue weighted by molar-refractivity contribution is -0.115.